The fourth-order valence-corrected chi connectivity index (χ4v) is 1.18. The summed E-state index contributed by atoms with van der Waals surface area (Å²) in [6.07, 6.45) is 0. The number of carbonyl (C=O) groups excluding carboxylic acids is 1. The summed E-state index contributed by atoms with van der Waals surface area (Å²) in [7, 11) is 0. The van der Waals surface area contributed by atoms with Crippen molar-refractivity contribution in [3.8, 4) is 0 Å². The molecule has 2 nitrogen and oxygen atoms in total. The van der Waals surface area contributed by atoms with Crippen molar-refractivity contribution in [3.05, 3.63) is 11.1 Å². The van der Waals surface area contributed by atoms with Crippen LogP contribution < -0.4 is 0 Å². The van der Waals surface area contributed by atoms with Gasteiger partial charge in [0.15, 0.2) is 0 Å². The number of β-lactam (4-membered cyclic amide) rings is 1. The maximum absolute atomic E-state index is 11.3. The Morgan fingerprint density at radius 1 is 1.45 bits per heavy atom. The molecular weight excluding hydrogens is 138 g/mol. The lowest BCUT2D eigenvalue weighted by molar-refractivity contribution is -0.134. The number of allylic oxidation sites excluding steroid dienone is 1. The van der Waals surface area contributed by atoms with Crippen LogP contribution in [0.4, 0.5) is 0 Å². The predicted octanol–water partition coefficient (Wildman–Crippen LogP) is 1.57. The van der Waals surface area contributed by atoms with Crippen LogP contribution in [0.5, 0.6) is 0 Å². The van der Waals surface area contributed by atoms with Gasteiger partial charge in [0.1, 0.15) is 0 Å². The average molecular weight is 153 g/mol. The summed E-state index contributed by atoms with van der Waals surface area (Å²) in [4.78, 5) is 13.2. The lowest BCUT2D eigenvalue weighted by Gasteiger charge is -2.37. The molecule has 1 rings (SSSR count). The van der Waals surface area contributed by atoms with Gasteiger partial charge in [-0.25, -0.2) is 0 Å². The summed E-state index contributed by atoms with van der Waals surface area (Å²) in [5.41, 5.74) is 2.16. The predicted molar refractivity (Wildman–Crippen MR) is 45.2 cm³/mol. The summed E-state index contributed by atoms with van der Waals surface area (Å²) in [5.74, 6) is 0.222. The average Bonchev–Trinajstić information content (AvgIpc) is 1.82. The number of nitrogens with zero attached hydrogens (tertiary/aromatic N) is 1. The number of carbonyl (C=O) groups is 1. The Labute approximate surface area is 67.9 Å². The summed E-state index contributed by atoms with van der Waals surface area (Å²) in [6, 6.07) is 0.352. The van der Waals surface area contributed by atoms with Crippen LogP contribution >= 0.6 is 0 Å². The van der Waals surface area contributed by atoms with E-state index in [9.17, 15) is 4.79 Å². The Hall–Kier alpha value is -0.790. The van der Waals surface area contributed by atoms with Gasteiger partial charge in [-0.2, -0.15) is 0 Å². The van der Waals surface area contributed by atoms with Crippen LogP contribution in [0, 0.1) is 0 Å². The van der Waals surface area contributed by atoms with Crippen molar-refractivity contribution in [2.24, 2.45) is 0 Å². The van der Waals surface area contributed by atoms with E-state index in [0.717, 1.165) is 17.7 Å². The molecule has 0 aliphatic carbocycles. The largest absolute Gasteiger partial charge is 0.332 e. The first kappa shape index (κ1) is 8.31. The lowest BCUT2D eigenvalue weighted by atomic mass is 10.00. The molecule has 1 aliphatic heterocycles. The molecule has 0 unspecified atom stereocenters. The van der Waals surface area contributed by atoms with Crippen molar-refractivity contribution in [1.29, 1.82) is 0 Å². The fraction of sp³-hybridized carbons (Fsp3) is 0.667. The second kappa shape index (κ2) is 2.68. The highest BCUT2D eigenvalue weighted by molar-refractivity contribution is 6.00. The van der Waals surface area contributed by atoms with E-state index in [1.54, 1.807) is 0 Å². The molecule has 0 saturated carbocycles. The maximum atomic E-state index is 11.3. The van der Waals surface area contributed by atoms with Gasteiger partial charge in [-0.15, -0.1) is 0 Å². The Balaban J connectivity index is 2.66. The third-order valence-corrected chi connectivity index (χ3v) is 2.07. The number of hydrogen-bond acceptors (Lipinski definition) is 1. The third kappa shape index (κ3) is 1.30. The number of hydrogen-bond donors (Lipinski definition) is 0. The molecule has 11 heavy (non-hydrogen) atoms. The first-order valence-electron chi connectivity index (χ1n) is 4.01. The van der Waals surface area contributed by atoms with Gasteiger partial charge < -0.3 is 4.90 Å². The number of amides is 1. The normalized spacial score (nSPS) is 17.4. The fourth-order valence-electron chi connectivity index (χ4n) is 1.18. The zero-order chi connectivity index (χ0) is 8.59. The van der Waals surface area contributed by atoms with Gasteiger partial charge in [-0.1, -0.05) is 5.57 Å². The Kier molecular flexibility index (Phi) is 2.03. The lowest BCUT2D eigenvalue weighted by Crippen LogP contribution is -2.50. The minimum Gasteiger partial charge on any atom is -0.332 e. The molecule has 0 spiro atoms. The summed E-state index contributed by atoms with van der Waals surface area (Å²) >= 11 is 0. The second-order valence-corrected chi connectivity index (χ2v) is 3.51. The highest BCUT2D eigenvalue weighted by Gasteiger charge is 2.32. The minimum absolute atomic E-state index is 0.222. The van der Waals surface area contributed by atoms with E-state index >= 15 is 0 Å². The maximum Gasteiger partial charge on any atom is 0.252 e. The standard InChI is InChI=1S/C9H15NO/c1-6(2)8-5-10(7(3)4)9(8)11/h7H,5H2,1-4H3. The van der Waals surface area contributed by atoms with Crippen LogP contribution in [0.15, 0.2) is 11.1 Å². The zero-order valence-corrected chi connectivity index (χ0v) is 7.64. The molecule has 2 heteroatoms. The van der Waals surface area contributed by atoms with Crippen molar-refractivity contribution < 1.29 is 4.79 Å². The highest BCUT2D eigenvalue weighted by atomic mass is 16.2. The highest BCUT2D eigenvalue weighted by Crippen LogP contribution is 2.22. The quantitative estimate of drug-likeness (QED) is 0.413. The molecule has 0 aromatic heterocycles. The molecule has 0 bridgehead atoms. The van der Waals surface area contributed by atoms with Crippen molar-refractivity contribution in [2.75, 3.05) is 6.54 Å². The molecule has 1 aliphatic rings. The molecule has 62 valence electrons. The molecule has 1 amide bonds. The van der Waals surface area contributed by atoms with Crippen molar-refractivity contribution in [3.63, 3.8) is 0 Å². The molecule has 0 atom stereocenters. The topological polar surface area (TPSA) is 20.3 Å². The van der Waals surface area contributed by atoms with Crippen LogP contribution in [0.2, 0.25) is 0 Å². The van der Waals surface area contributed by atoms with Gasteiger partial charge >= 0.3 is 0 Å². The first-order chi connectivity index (χ1) is 5.04. The third-order valence-electron chi connectivity index (χ3n) is 2.07. The van der Waals surface area contributed by atoms with E-state index in [1.807, 2.05) is 32.6 Å². The molecule has 0 radical (unpaired) electrons. The van der Waals surface area contributed by atoms with Crippen LogP contribution in [0.3, 0.4) is 0 Å². The second-order valence-electron chi connectivity index (χ2n) is 3.51. The Morgan fingerprint density at radius 3 is 2.27 bits per heavy atom. The molecule has 0 aromatic carbocycles. The van der Waals surface area contributed by atoms with Gasteiger partial charge in [0, 0.05) is 11.6 Å². The van der Waals surface area contributed by atoms with E-state index in [2.05, 4.69) is 0 Å². The van der Waals surface area contributed by atoms with Gasteiger partial charge in [0.25, 0.3) is 5.91 Å². The van der Waals surface area contributed by atoms with E-state index in [4.69, 9.17) is 0 Å². The van der Waals surface area contributed by atoms with E-state index in [1.165, 1.54) is 0 Å². The van der Waals surface area contributed by atoms with Crippen LogP contribution in [-0.2, 0) is 4.79 Å². The molecular formula is C9H15NO. The number of likely N-dealkylation sites (tertiary alicyclic amines) is 1. The van der Waals surface area contributed by atoms with Gasteiger partial charge in [0.05, 0.1) is 6.54 Å². The Bertz CT molecular complexity index is 212. The van der Waals surface area contributed by atoms with E-state index in [0.29, 0.717) is 6.04 Å². The smallest absolute Gasteiger partial charge is 0.252 e. The summed E-state index contributed by atoms with van der Waals surface area (Å²) in [6.45, 7) is 8.91. The zero-order valence-electron chi connectivity index (χ0n) is 7.64. The van der Waals surface area contributed by atoms with Crippen molar-refractivity contribution in [2.45, 2.75) is 33.7 Å². The van der Waals surface area contributed by atoms with E-state index in [-0.39, 0.29) is 5.91 Å². The van der Waals surface area contributed by atoms with Crippen molar-refractivity contribution in [1.82, 2.24) is 4.90 Å². The first-order valence-corrected chi connectivity index (χ1v) is 4.01. The van der Waals surface area contributed by atoms with Crippen LogP contribution in [-0.4, -0.2) is 23.4 Å². The Morgan fingerprint density at radius 2 is 2.00 bits per heavy atom. The van der Waals surface area contributed by atoms with E-state index < -0.39 is 0 Å². The van der Waals surface area contributed by atoms with Crippen LogP contribution in [0.25, 0.3) is 0 Å². The molecule has 1 fully saturated rings. The van der Waals surface area contributed by atoms with Gasteiger partial charge in [-0.3, -0.25) is 4.79 Å². The van der Waals surface area contributed by atoms with Gasteiger partial charge in [-0.05, 0) is 27.7 Å². The van der Waals surface area contributed by atoms with Gasteiger partial charge in [0.2, 0.25) is 0 Å². The minimum atomic E-state index is 0.222. The van der Waals surface area contributed by atoms with Crippen LogP contribution in [0.1, 0.15) is 27.7 Å². The van der Waals surface area contributed by atoms with Crippen molar-refractivity contribution >= 4 is 5.91 Å². The molecule has 1 heterocycles. The summed E-state index contributed by atoms with van der Waals surface area (Å²) < 4.78 is 0. The molecule has 0 aromatic rings. The monoisotopic (exact) mass is 153 g/mol. The SMILES string of the molecule is CC(C)=C1CN(C(C)C)C1=O. The summed E-state index contributed by atoms with van der Waals surface area (Å²) in [5, 5.41) is 0. The number of rotatable bonds is 1. The molecule has 1 saturated heterocycles. The molecule has 0 N–H and O–H groups in total.